The van der Waals surface area contributed by atoms with Crippen molar-refractivity contribution >= 4 is 23.2 Å². The zero-order valence-corrected chi connectivity index (χ0v) is 19.1. The Morgan fingerprint density at radius 3 is 2.48 bits per heavy atom. The molecule has 7 nitrogen and oxygen atoms in total. The summed E-state index contributed by atoms with van der Waals surface area (Å²) in [5, 5.41) is 31.7. The average molecular weight is 427 g/mol. The number of carbonyl (C=O) groups is 3. The SMILES string of the molecule is C[C@@H](O)[C@H]1C(=O)N2C(C(=O)[O-])=C(c3cc(CO)c4c(c3)-c3ccccc3C4=O)C[C@H]12.[Na+]. The first kappa shape index (κ1) is 21.9. The summed E-state index contributed by atoms with van der Waals surface area (Å²) in [6.07, 6.45) is -0.636. The normalized spacial score (nSPS) is 21.8. The Hall–Kier alpha value is -2.29. The van der Waals surface area contributed by atoms with E-state index in [2.05, 4.69) is 0 Å². The van der Waals surface area contributed by atoms with Gasteiger partial charge in [-0.05, 0) is 53.3 Å². The van der Waals surface area contributed by atoms with Crippen LogP contribution in [-0.2, 0) is 16.2 Å². The van der Waals surface area contributed by atoms with Gasteiger partial charge in [0.1, 0.15) is 0 Å². The van der Waals surface area contributed by atoms with Crippen LogP contribution in [0, 0.1) is 5.92 Å². The number of carboxylic acid groups (broad SMARTS) is 1. The number of hydrogen-bond acceptors (Lipinski definition) is 6. The van der Waals surface area contributed by atoms with Crippen molar-refractivity contribution in [2.45, 2.75) is 32.1 Å². The van der Waals surface area contributed by atoms with E-state index in [4.69, 9.17) is 0 Å². The van der Waals surface area contributed by atoms with Crippen molar-refractivity contribution in [3.63, 3.8) is 0 Å². The van der Waals surface area contributed by atoms with Gasteiger partial charge in [-0.3, -0.25) is 9.59 Å². The molecule has 1 saturated heterocycles. The molecule has 0 radical (unpaired) electrons. The van der Waals surface area contributed by atoms with Gasteiger partial charge < -0.3 is 25.0 Å². The van der Waals surface area contributed by atoms with E-state index in [9.17, 15) is 29.7 Å². The molecule has 2 aliphatic heterocycles. The van der Waals surface area contributed by atoms with Gasteiger partial charge in [0.25, 0.3) is 0 Å². The number of rotatable bonds is 4. The molecular formula is C23H18NNaO6. The molecular weight excluding hydrogens is 409 g/mol. The van der Waals surface area contributed by atoms with Gasteiger partial charge in [0, 0.05) is 11.1 Å². The van der Waals surface area contributed by atoms with Crippen LogP contribution in [0.25, 0.3) is 16.7 Å². The Morgan fingerprint density at radius 1 is 1.19 bits per heavy atom. The van der Waals surface area contributed by atoms with Crippen molar-refractivity contribution in [3.05, 3.63) is 64.3 Å². The number of nitrogens with zero attached hydrogens (tertiary/aromatic N) is 1. The van der Waals surface area contributed by atoms with E-state index in [0.29, 0.717) is 33.4 Å². The minimum Gasteiger partial charge on any atom is -0.543 e. The molecule has 1 fully saturated rings. The summed E-state index contributed by atoms with van der Waals surface area (Å²) in [5.41, 5.74) is 3.44. The van der Waals surface area contributed by atoms with Crippen LogP contribution in [0.4, 0.5) is 0 Å². The number of aliphatic hydroxyl groups is 2. The molecule has 8 heteroatoms. The zero-order valence-electron chi connectivity index (χ0n) is 17.1. The number of benzene rings is 2. The van der Waals surface area contributed by atoms with E-state index in [1.165, 1.54) is 11.8 Å². The Labute approximate surface area is 200 Å². The summed E-state index contributed by atoms with van der Waals surface area (Å²) >= 11 is 0. The van der Waals surface area contributed by atoms with Crippen molar-refractivity contribution in [1.82, 2.24) is 4.90 Å². The molecule has 1 amide bonds. The van der Waals surface area contributed by atoms with Gasteiger partial charge in [-0.2, -0.15) is 0 Å². The molecule has 0 aromatic heterocycles. The maximum Gasteiger partial charge on any atom is 1.00 e. The minimum absolute atomic E-state index is 0. The standard InChI is InChI=1S/C23H19NO6.Na/c1-10(26)18-17-8-15(20(23(29)30)24(17)22(18)28)11-6-12(9-25)19-16(7-11)13-4-2-3-5-14(13)21(19)27;/h2-7,10,17-18,25-26H,8-9H2,1H3,(H,29,30);/q;+1/p-1/t10-,17-,18-;/m1./s1. The van der Waals surface area contributed by atoms with Gasteiger partial charge >= 0.3 is 29.6 Å². The fraction of sp³-hybridized carbons (Fsp3) is 0.261. The molecule has 0 spiro atoms. The van der Waals surface area contributed by atoms with Gasteiger partial charge in [-0.25, -0.2) is 0 Å². The van der Waals surface area contributed by atoms with Crippen LogP contribution >= 0.6 is 0 Å². The second-order valence-electron chi connectivity index (χ2n) is 7.95. The largest absolute Gasteiger partial charge is 1.00 e. The van der Waals surface area contributed by atoms with E-state index in [0.717, 1.165) is 5.56 Å². The fourth-order valence-corrected chi connectivity index (χ4v) is 5.05. The summed E-state index contributed by atoms with van der Waals surface area (Å²) < 4.78 is 0. The summed E-state index contributed by atoms with van der Waals surface area (Å²) in [6.45, 7) is 1.13. The van der Waals surface area contributed by atoms with Gasteiger partial charge in [0.15, 0.2) is 5.78 Å². The number of amides is 1. The average Bonchev–Trinajstić information content (AvgIpc) is 3.21. The number of aliphatic carboxylic acids is 1. The quantitative estimate of drug-likeness (QED) is 0.350. The number of β-lactam (4-membered cyclic amide) rings is 1. The summed E-state index contributed by atoms with van der Waals surface area (Å²) in [6, 6.07) is 10.0. The summed E-state index contributed by atoms with van der Waals surface area (Å²) in [4.78, 5) is 38.4. The molecule has 5 rings (SSSR count). The van der Waals surface area contributed by atoms with Crippen LogP contribution in [0.2, 0.25) is 0 Å². The van der Waals surface area contributed by atoms with E-state index in [-0.39, 0.29) is 54.1 Å². The van der Waals surface area contributed by atoms with Crippen molar-refractivity contribution in [1.29, 1.82) is 0 Å². The second-order valence-corrected chi connectivity index (χ2v) is 7.95. The zero-order chi connectivity index (χ0) is 21.3. The molecule has 152 valence electrons. The first-order chi connectivity index (χ1) is 14.3. The van der Waals surface area contributed by atoms with E-state index < -0.39 is 29.9 Å². The van der Waals surface area contributed by atoms with Crippen LogP contribution in [0.1, 0.15) is 40.4 Å². The molecule has 2 heterocycles. The Bertz CT molecular complexity index is 1180. The third-order valence-electron chi connectivity index (χ3n) is 6.35. The molecule has 0 unspecified atom stereocenters. The minimum atomic E-state index is -1.47. The van der Waals surface area contributed by atoms with Gasteiger partial charge in [-0.15, -0.1) is 0 Å². The van der Waals surface area contributed by atoms with Crippen LogP contribution < -0.4 is 34.7 Å². The molecule has 0 saturated carbocycles. The molecule has 2 aromatic carbocycles. The van der Waals surface area contributed by atoms with Crippen LogP contribution in [0.5, 0.6) is 0 Å². The van der Waals surface area contributed by atoms with Crippen molar-refractivity contribution in [2.24, 2.45) is 5.92 Å². The van der Waals surface area contributed by atoms with Crippen molar-refractivity contribution < 1.29 is 59.3 Å². The van der Waals surface area contributed by atoms with E-state index in [1.807, 2.05) is 12.1 Å². The van der Waals surface area contributed by atoms with Crippen molar-refractivity contribution in [2.75, 3.05) is 0 Å². The topological polar surface area (TPSA) is 118 Å². The molecule has 0 bridgehead atoms. The van der Waals surface area contributed by atoms with Crippen molar-refractivity contribution in [3.8, 4) is 11.1 Å². The van der Waals surface area contributed by atoms with E-state index in [1.54, 1.807) is 24.3 Å². The third-order valence-corrected chi connectivity index (χ3v) is 6.35. The number of aliphatic hydroxyl groups excluding tert-OH is 2. The van der Waals surface area contributed by atoms with Crippen LogP contribution in [-0.4, -0.2) is 44.9 Å². The molecule has 2 aromatic rings. The van der Waals surface area contributed by atoms with Crippen LogP contribution in [0.3, 0.4) is 0 Å². The predicted molar refractivity (Wildman–Crippen MR) is 104 cm³/mol. The number of carboxylic acids is 1. The molecule has 2 N–H and O–H groups in total. The molecule has 3 aliphatic rings. The Kier molecular flexibility index (Phi) is 5.44. The number of ketones is 1. The number of hydrogen-bond donors (Lipinski definition) is 2. The third kappa shape index (κ3) is 2.96. The second kappa shape index (κ2) is 7.69. The monoisotopic (exact) mass is 427 g/mol. The van der Waals surface area contributed by atoms with Gasteiger partial charge in [0.05, 0.1) is 36.3 Å². The molecule has 31 heavy (non-hydrogen) atoms. The smallest absolute Gasteiger partial charge is 0.543 e. The van der Waals surface area contributed by atoms with Gasteiger partial charge in [0.2, 0.25) is 5.91 Å². The van der Waals surface area contributed by atoms with E-state index >= 15 is 0 Å². The Morgan fingerprint density at radius 2 is 1.87 bits per heavy atom. The summed E-state index contributed by atoms with van der Waals surface area (Å²) in [7, 11) is 0. The van der Waals surface area contributed by atoms with Crippen LogP contribution in [0.15, 0.2) is 42.1 Å². The molecule has 3 atom stereocenters. The first-order valence-corrected chi connectivity index (χ1v) is 9.73. The maximum absolute atomic E-state index is 12.8. The first-order valence-electron chi connectivity index (χ1n) is 9.73. The number of fused-ring (bicyclic) bond motifs is 4. The van der Waals surface area contributed by atoms with Gasteiger partial charge in [-0.1, -0.05) is 24.3 Å². The summed E-state index contributed by atoms with van der Waals surface area (Å²) in [5.74, 6) is -2.74. The number of carbonyl (C=O) groups excluding carboxylic acids is 3. The maximum atomic E-state index is 12.8. The molecule has 1 aliphatic carbocycles. The predicted octanol–water partition coefficient (Wildman–Crippen LogP) is -2.53. The Balaban J connectivity index is 0.00000231. The fourth-order valence-electron chi connectivity index (χ4n) is 5.05.